The summed E-state index contributed by atoms with van der Waals surface area (Å²) in [5.74, 6) is 0.854. The Morgan fingerprint density at radius 2 is 1.88 bits per heavy atom. The Balaban J connectivity index is 1.33. The Morgan fingerprint density at radius 3 is 2.50 bits per heavy atom. The van der Waals surface area contributed by atoms with E-state index in [0.717, 1.165) is 24.2 Å². The lowest BCUT2D eigenvalue weighted by Gasteiger charge is -2.35. The molecule has 4 rings (SSSR count). The highest BCUT2D eigenvalue weighted by Gasteiger charge is 2.27. The predicted octanol–water partition coefficient (Wildman–Crippen LogP) is 3.50. The van der Waals surface area contributed by atoms with Crippen molar-refractivity contribution in [2.45, 2.75) is 18.8 Å². The lowest BCUT2D eigenvalue weighted by atomic mass is 10.1. The van der Waals surface area contributed by atoms with Crippen molar-refractivity contribution >= 4 is 29.1 Å². The number of aromatic nitrogens is 2. The second kappa shape index (κ2) is 7.07. The maximum atomic E-state index is 14.1. The van der Waals surface area contributed by atoms with Gasteiger partial charge in [0.05, 0.1) is 0 Å². The van der Waals surface area contributed by atoms with E-state index in [-0.39, 0.29) is 11.8 Å². The van der Waals surface area contributed by atoms with E-state index in [9.17, 15) is 9.18 Å². The first-order valence-corrected chi connectivity index (χ1v) is 9.07. The van der Waals surface area contributed by atoms with Crippen LogP contribution in [0, 0.1) is 5.82 Å². The van der Waals surface area contributed by atoms with Crippen molar-refractivity contribution in [1.82, 2.24) is 15.1 Å². The maximum Gasteiger partial charge on any atom is 0.321 e. The monoisotopic (exact) mass is 375 g/mol. The van der Waals surface area contributed by atoms with Gasteiger partial charge in [0.25, 0.3) is 0 Å². The molecule has 0 unspecified atom stereocenters. The van der Waals surface area contributed by atoms with Crippen molar-refractivity contribution in [2.24, 2.45) is 0 Å². The summed E-state index contributed by atoms with van der Waals surface area (Å²) in [5, 5.41) is 11.0. The van der Waals surface area contributed by atoms with Crippen LogP contribution in [0.25, 0.3) is 0 Å². The van der Waals surface area contributed by atoms with E-state index in [4.69, 9.17) is 11.6 Å². The predicted molar refractivity (Wildman–Crippen MR) is 98.2 cm³/mol. The minimum absolute atomic E-state index is 0.217. The molecule has 2 aliphatic rings. The van der Waals surface area contributed by atoms with Gasteiger partial charge in [-0.1, -0.05) is 17.7 Å². The summed E-state index contributed by atoms with van der Waals surface area (Å²) in [6, 6.07) is 8.25. The highest BCUT2D eigenvalue weighted by molar-refractivity contribution is 6.29. The number of carbonyl (C=O) groups is 1. The average Bonchev–Trinajstić information content (AvgIpc) is 3.48. The largest absolute Gasteiger partial charge is 0.352 e. The van der Waals surface area contributed by atoms with Crippen LogP contribution in [0.5, 0.6) is 0 Å². The van der Waals surface area contributed by atoms with Gasteiger partial charge in [-0.25, -0.2) is 9.18 Å². The second-order valence-corrected chi connectivity index (χ2v) is 7.02. The fraction of sp³-hybridized carbons (Fsp3) is 0.389. The SMILES string of the molecule is O=C(Nc1ccc(C2CC2)c(F)c1)N1CCN(c2ccc(Cl)nn2)CC1. The fourth-order valence-electron chi connectivity index (χ4n) is 3.15. The van der Waals surface area contributed by atoms with Gasteiger partial charge in [-0.05, 0) is 48.6 Å². The smallest absolute Gasteiger partial charge is 0.321 e. The quantitative estimate of drug-likeness (QED) is 0.891. The normalized spacial score (nSPS) is 17.3. The minimum Gasteiger partial charge on any atom is -0.352 e. The molecular formula is C18H19ClFN5O. The molecule has 0 spiro atoms. The van der Waals surface area contributed by atoms with E-state index in [0.29, 0.717) is 42.9 Å². The number of urea groups is 1. The van der Waals surface area contributed by atoms with E-state index >= 15 is 0 Å². The number of benzene rings is 1. The summed E-state index contributed by atoms with van der Waals surface area (Å²) < 4.78 is 14.1. The van der Waals surface area contributed by atoms with Crippen molar-refractivity contribution in [1.29, 1.82) is 0 Å². The summed E-state index contributed by atoms with van der Waals surface area (Å²) in [4.78, 5) is 16.2. The molecule has 136 valence electrons. The molecule has 2 fully saturated rings. The molecule has 1 aromatic heterocycles. The van der Waals surface area contributed by atoms with E-state index in [1.807, 2.05) is 6.07 Å². The van der Waals surface area contributed by atoms with Crippen LogP contribution in [-0.4, -0.2) is 47.3 Å². The van der Waals surface area contributed by atoms with Crippen molar-refractivity contribution in [3.8, 4) is 0 Å². The molecule has 2 heterocycles. The highest BCUT2D eigenvalue weighted by Crippen LogP contribution is 2.41. The summed E-state index contributed by atoms with van der Waals surface area (Å²) in [7, 11) is 0. The van der Waals surface area contributed by atoms with Crippen LogP contribution in [0.15, 0.2) is 30.3 Å². The maximum absolute atomic E-state index is 14.1. The molecule has 6 nitrogen and oxygen atoms in total. The van der Waals surface area contributed by atoms with Gasteiger partial charge in [0.1, 0.15) is 5.82 Å². The van der Waals surface area contributed by atoms with Gasteiger partial charge in [-0.15, -0.1) is 10.2 Å². The highest BCUT2D eigenvalue weighted by atomic mass is 35.5. The van der Waals surface area contributed by atoms with Gasteiger partial charge in [-0.2, -0.15) is 0 Å². The standard InChI is InChI=1S/C18H19ClFN5O/c19-16-5-6-17(23-22-16)24-7-9-25(10-8-24)18(26)21-13-3-4-14(12-1-2-12)15(20)11-13/h3-6,11-12H,1-2,7-10H2,(H,21,26). The molecule has 1 aliphatic heterocycles. The number of hydrogen-bond acceptors (Lipinski definition) is 4. The van der Waals surface area contributed by atoms with Crippen molar-refractivity contribution < 1.29 is 9.18 Å². The molecule has 0 bridgehead atoms. The van der Waals surface area contributed by atoms with Gasteiger partial charge in [0.2, 0.25) is 0 Å². The van der Waals surface area contributed by atoms with Crippen LogP contribution >= 0.6 is 11.6 Å². The fourth-order valence-corrected chi connectivity index (χ4v) is 3.25. The zero-order chi connectivity index (χ0) is 18.1. The third-order valence-corrected chi connectivity index (χ3v) is 4.98. The molecule has 1 saturated carbocycles. The van der Waals surface area contributed by atoms with E-state index < -0.39 is 0 Å². The first-order valence-electron chi connectivity index (χ1n) is 8.70. The molecule has 1 N–H and O–H groups in total. The number of carbonyl (C=O) groups excluding carboxylic acids is 1. The first kappa shape index (κ1) is 17.0. The van der Waals surface area contributed by atoms with Crippen LogP contribution in [0.2, 0.25) is 5.15 Å². The van der Waals surface area contributed by atoms with Crippen LogP contribution in [0.3, 0.4) is 0 Å². The van der Waals surface area contributed by atoms with E-state index in [2.05, 4.69) is 20.4 Å². The Kier molecular flexibility index (Phi) is 4.63. The third-order valence-electron chi connectivity index (χ3n) is 4.78. The summed E-state index contributed by atoms with van der Waals surface area (Å²) >= 11 is 5.75. The Bertz CT molecular complexity index is 804. The van der Waals surface area contributed by atoms with Crippen LogP contribution in [-0.2, 0) is 0 Å². The molecule has 2 aromatic rings. The van der Waals surface area contributed by atoms with Crippen molar-refractivity contribution in [3.63, 3.8) is 0 Å². The molecule has 1 saturated heterocycles. The Labute approximate surface area is 156 Å². The number of amides is 2. The Morgan fingerprint density at radius 1 is 1.12 bits per heavy atom. The van der Waals surface area contributed by atoms with Crippen molar-refractivity contribution in [3.05, 3.63) is 46.9 Å². The lowest BCUT2D eigenvalue weighted by Crippen LogP contribution is -2.50. The number of anilines is 2. The average molecular weight is 376 g/mol. The van der Waals surface area contributed by atoms with Gasteiger partial charge >= 0.3 is 6.03 Å². The molecule has 2 amide bonds. The molecule has 26 heavy (non-hydrogen) atoms. The molecule has 1 aliphatic carbocycles. The summed E-state index contributed by atoms with van der Waals surface area (Å²) in [5.41, 5.74) is 1.24. The van der Waals surface area contributed by atoms with Gasteiger partial charge in [0, 0.05) is 31.9 Å². The molecule has 8 heteroatoms. The lowest BCUT2D eigenvalue weighted by molar-refractivity contribution is 0.208. The van der Waals surface area contributed by atoms with E-state index in [1.54, 1.807) is 23.1 Å². The third kappa shape index (κ3) is 3.72. The summed E-state index contributed by atoms with van der Waals surface area (Å²) in [6.07, 6.45) is 2.09. The van der Waals surface area contributed by atoms with E-state index in [1.165, 1.54) is 6.07 Å². The number of piperazine rings is 1. The van der Waals surface area contributed by atoms with Gasteiger partial charge in [0.15, 0.2) is 11.0 Å². The number of nitrogens with one attached hydrogen (secondary N) is 1. The Hall–Kier alpha value is -2.41. The topological polar surface area (TPSA) is 61.4 Å². The van der Waals surface area contributed by atoms with Crippen LogP contribution < -0.4 is 10.2 Å². The first-order chi connectivity index (χ1) is 12.6. The number of halogens is 2. The zero-order valence-corrected chi connectivity index (χ0v) is 14.9. The molecular weight excluding hydrogens is 357 g/mol. The molecule has 0 radical (unpaired) electrons. The zero-order valence-electron chi connectivity index (χ0n) is 14.2. The second-order valence-electron chi connectivity index (χ2n) is 6.63. The van der Waals surface area contributed by atoms with Crippen LogP contribution in [0.1, 0.15) is 24.3 Å². The molecule has 0 atom stereocenters. The number of hydrogen-bond donors (Lipinski definition) is 1. The minimum atomic E-state index is -0.239. The van der Waals surface area contributed by atoms with Gasteiger partial charge in [-0.3, -0.25) is 0 Å². The van der Waals surface area contributed by atoms with Crippen molar-refractivity contribution in [2.75, 3.05) is 36.4 Å². The van der Waals surface area contributed by atoms with Crippen LogP contribution in [0.4, 0.5) is 20.7 Å². The molecule has 1 aromatic carbocycles. The number of rotatable bonds is 3. The van der Waals surface area contributed by atoms with Gasteiger partial charge < -0.3 is 15.1 Å². The summed E-state index contributed by atoms with van der Waals surface area (Å²) in [6.45, 7) is 2.41. The number of nitrogens with zero attached hydrogens (tertiary/aromatic N) is 4.